The summed E-state index contributed by atoms with van der Waals surface area (Å²) < 4.78 is 28.2. The molecule has 88 valence electrons. The first-order chi connectivity index (χ1) is 6.97. The van der Waals surface area contributed by atoms with Crippen LogP contribution in [0.4, 0.5) is 0 Å². The van der Waals surface area contributed by atoms with Gasteiger partial charge in [-0.25, -0.2) is 0 Å². The van der Waals surface area contributed by atoms with Gasteiger partial charge in [0.25, 0.3) is 10.1 Å². The summed E-state index contributed by atoms with van der Waals surface area (Å²) in [5.41, 5.74) is 0. The van der Waals surface area contributed by atoms with Gasteiger partial charge in [0, 0.05) is 12.8 Å². The number of hydrogen-bond donors (Lipinski definition) is 0. The van der Waals surface area contributed by atoms with Gasteiger partial charge < -0.3 is 4.48 Å². The molecule has 0 aliphatic carbocycles. The van der Waals surface area contributed by atoms with Crippen molar-refractivity contribution in [3.63, 3.8) is 0 Å². The minimum atomic E-state index is -3.38. The summed E-state index contributed by atoms with van der Waals surface area (Å²) in [6, 6.07) is 0. The van der Waals surface area contributed by atoms with Gasteiger partial charge in [-0.3, -0.25) is 4.18 Å². The minimum Gasteiger partial charge on any atom is -0.324 e. The van der Waals surface area contributed by atoms with Crippen molar-refractivity contribution in [2.75, 3.05) is 39.0 Å². The van der Waals surface area contributed by atoms with Gasteiger partial charge in [0.05, 0.1) is 25.9 Å². The fourth-order valence-corrected chi connectivity index (χ4v) is 2.61. The van der Waals surface area contributed by atoms with Gasteiger partial charge in [0.1, 0.15) is 13.2 Å². The molecule has 1 rings (SSSR count). The van der Waals surface area contributed by atoms with E-state index in [0.29, 0.717) is 0 Å². The summed E-state index contributed by atoms with van der Waals surface area (Å²) >= 11 is 0. The predicted octanol–water partition coefficient (Wildman–Crippen LogP) is 0.759. The van der Waals surface area contributed by atoms with E-state index in [1.165, 1.54) is 18.9 Å². The lowest BCUT2D eigenvalue weighted by atomic mass is 10.4. The monoisotopic (exact) mass is 234 g/mol. The molecule has 0 atom stereocenters. The lowest BCUT2D eigenvalue weighted by Gasteiger charge is -2.28. The first-order valence-corrected chi connectivity index (χ1v) is 6.87. The highest BCUT2D eigenvalue weighted by Gasteiger charge is 2.26. The standard InChI is InChI=1S/C10H20NO3S/c1-3-10-15(12,13)14-9-8-11(2)6-4-5-7-11/h3H,1,4-10H2,2H3/q+1. The van der Waals surface area contributed by atoms with E-state index in [-0.39, 0.29) is 12.4 Å². The average Bonchev–Trinajstić information content (AvgIpc) is 2.51. The Bertz CT molecular complexity index is 305. The molecule has 0 N–H and O–H groups in total. The predicted molar refractivity (Wildman–Crippen MR) is 60.0 cm³/mol. The van der Waals surface area contributed by atoms with E-state index in [1.807, 2.05) is 0 Å². The molecule has 0 spiro atoms. The smallest absolute Gasteiger partial charge is 0.271 e. The number of rotatable bonds is 6. The maximum Gasteiger partial charge on any atom is 0.271 e. The number of likely N-dealkylation sites (tertiary alicyclic amines) is 1. The molecule has 0 unspecified atom stereocenters. The maximum atomic E-state index is 11.2. The molecular formula is C10H20NO3S+. The van der Waals surface area contributed by atoms with E-state index in [4.69, 9.17) is 4.18 Å². The molecule has 4 nitrogen and oxygen atoms in total. The van der Waals surface area contributed by atoms with Crippen LogP contribution in [0.5, 0.6) is 0 Å². The zero-order valence-electron chi connectivity index (χ0n) is 9.31. The largest absolute Gasteiger partial charge is 0.324 e. The summed E-state index contributed by atoms with van der Waals surface area (Å²) in [4.78, 5) is 0. The van der Waals surface area contributed by atoms with Crippen LogP contribution in [0.2, 0.25) is 0 Å². The summed E-state index contributed by atoms with van der Waals surface area (Å²) in [5, 5.41) is 0. The first kappa shape index (κ1) is 12.7. The van der Waals surface area contributed by atoms with E-state index in [0.717, 1.165) is 24.1 Å². The highest BCUT2D eigenvalue weighted by Crippen LogP contribution is 2.15. The Morgan fingerprint density at radius 1 is 1.40 bits per heavy atom. The van der Waals surface area contributed by atoms with Gasteiger partial charge >= 0.3 is 0 Å². The van der Waals surface area contributed by atoms with Gasteiger partial charge in [-0.2, -0.15) is 8.42 Å². The van der Waals surface area contributed by atoms with Crippen LogP contribution in [0.15, 0.2) is 12.7 Å². The minimum absolute atomic E-state index is 0.100. The molecule has 0 aromatic carbocycles. The molecule has 15 heavy (non-hydrogen) atoms. The Labute approximate surface area is 92.2 Å². The lowest BCUT2D eigenvalue weighted by molar-refractivity contribution is -0.897. The molecule has 0 radical (unpaired) electrons. The average molecular weight is 234 g/mol. The van der Waals surface area contributed by atoms with Crippen LogP contribution in [0.3, 0.4) is 0 Å². The van der Waals surface area contributed by atoms with Crippen molar-refractivity contribution >= 4 is 10.1 Å². The maximum absolute atomic E-state index is 11.2. The zero-order valence-corrected chi connectivity index (χ0v) is 10.1. The van der Waals surface area contributed by atoms with E-state index >= 15 is 0 Å². The van der Waals surface area contributed by atoms with Crippen molar-refractivity contribution in [1.29, 1.82) is 0 Å². The second-order valence-electron chi connectivity index (χ2n) is 4.33. The molecule has 1 aliphatic rings. The Morgan fingerprint density at radius 3 is 2.53 bits per heavy atom. The number of nitrogens with zero attached hydrogens (tertiary/aromatic N) is 1. The van der Waals surface area contributed by atoms with Crippen LogP contribution in [0, 0.1) is 0 Å². The second kappa shape index (κ2) is 5.09. The molecule has 0 amide bonds. The second-order valence-corrected chi connectivity index (χ2v) is 6.02. The highest BCUT2D eigenvalue weighted by molar-refractivity contribution is 7.86. The summed E-state index contributed by atoms with van der Waals surface area (Å²) in [7, 11) is -1.23. The SMILES string of the molecule is C=CCS(=O)(=O)OCC[N+]1(C)CCCC1. The zero-order chi connectivity index (χ0) is 11.4. The van der Waals surface area contributed by atoms with E-state index in [2.05, 4.69) is 13.6 Å². The van der Waals surface area contributed by atoms with Crippen molar-refractivity contribution < 1.29 is 17.1 Å². The molecule has 0 aromatic heterocycles. The van der Waals surface area contributed by atoms with Crippen LogP contribution in [0.25, 0.3) is 0 Å². The molecule has 1 fully saturated rings. The third kappa shape index (κ3) is 4.32. The van der Waals surface area contributed by atoms with Gasteiger partial charge in [-0.05, 0) is 0 Å². The summed E-state index contributed by atoms with van der Waals surface area (Å²) in [6.45, 7) is 6.70. The Hall–Kier alpha value is -0.390. The van der Waals surface area contributed by atoms with Crippen molar-refractivity contribution in [2.45, 2.75) is 12.8 Å². The molecule has 1 heterocycles. The van der Waals surface area contributed by atoms with Gasteiger partial charge in [-0.15, -0.1) is 6.58 Å². The molecule has 5 heteroatoms. The third-order valence-electron chi connectivity index (χ3n) is 2.86. The fourth-order valence-electron chi connectivity index (χ4n) is 1.90. The van der Waals surface area contributed by atoms with Crippen molar-refractivity contribution in [3.05, 3.63) is 12.7 Å². The first-order valence-electron chi connectivity index (χ1n) is 5.29. The molecule has 0 saturated carbocycles. The number of hydrogen-bond acceptors (Lipinski definition) is 3. The Balaban J connectivity index is 2.29. The molecular weight excluding hydrogens is 214 g/mol. The van der Waals surface area contributed by atoms with Crippen LogP contribution in [-0.4, -0.2) is 51.9 Å². The third-order valence-corrected chi connectivity index (χ3v) is 4.03. The highest BCUT2D eigenvalue weighted by atomic mass is 32.2. The Morgan fingerprint density at radius 2 is 2.00 bits per heavy atom. The Kier molecular flexibility index (Phi) is 4.31. The van der Waals surface area contributed by atoms with Gasteiger partial charge in [0.2, 0.25) is 0 Å². The van der Waals surface area contributed by atoms with Crippen LogP contribution >= 0.6 is 0 Å². The van der Waals surface area contributed by atoms with Crippen molar-refractivity contribution in [1.82, 2.24) is 0 Å². The quantitative estimate of drug-likeness (QED) is 0.387. The van der Waals surface area contributed by atoms with E-state index in [9.17, 15) is 8.42 Å². The number of quaternary nitrogens is 1. The van der Waals surface area contributed by atoms with Crippen LogP contribution < -0.4 is 0 Å². The van der Waals surface area contributed by atoms with Crippen LogP contribution in [-0.2, 0) is 14.3 Å². The number of likely N-dealkylation sites (N-methyl/N-ethyl adjacent to an activating group) is 1. The topological polar surface area (TPSA) is 43.4 Å². The lowest BCUT2D eigenvalue weighted by Crippen LogP contribution is -2.43. The van der Waals surface area contributed by atoms with Crippen molar-refractivity contribution in [2.24, 2.45) is 0 Å². The fraction of sp³-hybridized carbons (Fsp3) is 0.800. The van der Waals surface area contributed by atoms with E-state index in [1.54, 1.807) is 0 Å². The van der Waals surface area contributed by atoms with E-state index < -0.39 is 10.1 Å². The molecule has 0 bridgehead atoms. The van der Waals surface area contributed by atoms with Crippen molar-refractivity contribution in [3.8, 4) is 0 Å². The van der Waals surface area contributed by atoms with Crippen LogP contribution in [0.1, 0.15) is 12.8 Å². The van der Waals surface area contributed by atoms with Gasteiger partial charge in [-0.1, -0.05) is 6.08 Å². The normalized spacial score (nSPS) is 20.3. The molecule has 0 aromatic rings. The molecule has 1 saturated heterocycles. The summed E-state index contributed by atoms with van der Waals surface area (Å²) in [5.74, 6) is -0.100. The van der Waals surface area contributed by atoms with Gasteiger partial charge in [0.15, 0.2) is 0 Å². The molecule has 1 aliphatic heterocycles. The summed E-state index contributed by atoms with van der Waals surface area (Å²) in [6.07, 6.45) is 3.81.